The normalized spacial score (nSPS) is 11.0. The van der Waals surface area contributed by atoms with Gasteiger partial charge in [-0.15, -0.1) is 11.3 Å². The molecule has 2 aromatic carbocycles. The summed E-state index contributed by atoms with van der Waals surface area (Å²) in [7, 11) is 3.16. The lowest BCUT2D eigenvalue weighted by Crippen LogP contribution is -2.41. The maximum Gasteiger partial charge on any atom is 0.439 e. The maximum atomic E-state index is 13.4. The molecule has 34 heavy (non-hydrogen) atoms. The molecule has 3 aromatic heterocycles. The third-order valence-corrected chi connectivity index (χ3v) is 6.49. The quantitative estimate of drug-likeness (QED) is 0.285. The van der Waals surface area contributed by atoms with Gasteiger partial charge in [-0.2, -0.15) is 0 Å². The van der Waals surface area contributed by atoms with Gasteiger partial charge in [-0.1, -0.05) is 0 Å². The lowest BCUT2D eigenvalue weighted by atomic mass is 10.1. The number of nitrogen functional groups attached to an aromatic ring is 1. The number of aromatic amines is 1. The van der Waals surface area contributed by atoms with E-state index in [4.69, 9.17) is 19.7 Å². The monoisotopic (exact) mass is 475 g/mol. The van der Waals surface area contributed by atoms with E-state index in [1.165, 1.54) is 4.68 Å². The van der Waals surface area contributed by atoms with E-state index in [0.717, 1.165) is 28.3 Å². The number of nitrogens with zero attached hydrogens (tertiary/aromatic N) is 2. The number of nitrogens with two attached hydrogens (primary N) is 1. The van der Waals surface area contributed by atoms with Gasteiger partial charge in [0.15, 0.2) is 0 Å². The Hall–Kier alpha value is -4.44. The molecule has 0 aliphatic carbocycles. The fraction of sp³-hybridized carbons (Fsp3) is 0.0833. The molecule has 0 radical (unpaired) electrons. The second-order valence-electron chi connectivity index (χ2n) is 7.31. The summed E-state index contributed by atoms with van der Waals surface area (Å²) >= 11 is 1.13. The van der Waals surface area contributed by atoms with Gasteiger partial charge in [0, 0.05) is 23.1 Å². The second kappa shape index (κ2) is 8.49. The van der Waals surface area contributed by atoms with Crippen LogP contribution >= 0.6 is 11.3 Å². The highest BCUT2D eigenvalue weighted by atomic mass is 32.1. The van der Waals surface area contributed by atoms with Crippen molar-refractivity contribution in [1.82, 2.24) is 10.3 Å². The van der Waals surface area contributed by atoms with Crippen LogP contribution in [0.2, 0.25) is 0 Å². The van der Waals surface area contributed by atoms with Gasteiger partial charge in [0.1, 0.15) is 21.2 Å². The summed E-state index contributed by atoms with van der Waals surface area (Å²) < 4.78 is 16.6. The lowest BCUT2D eigenvalue weighted by Gasteiger charge is -2.03. The van der Waals surface area contributed by atoms with E-state index in [0.29, 0.717) is 21.7 Å². The number of ether oxygens (including phenoxy) is 2. The molecular formula is C24H19N4O5S+. The number of thiophene rings is 1. The number of ketones is 1. The van der Waals surface area contributed by atoms with Crippen molar-refractivity contribution in [3.8, 4) is 28.4 Å². The first-order chi connectivity index (χ1) is 16.5. The molecule has 0 spiro atoms. The number of carbonyl (C=O) groups is 1. The van der Waals surface area contributed by atoms with Crippen LogP contribution in [-0.4, -0.2) is 30.3 Å². The first kappa shape index (κ1) is 21.4. The van der Waals surface area contributed by atoms with E-state index in [9.17, 15) is 9.59 Å². The Labute approximate surface area is 196 Å². The summed E-state index contributed by atoms with van der Waals surface area (Å²) in [4.78, 5) is 31.4. The molecule has 5 rings (SSSR count). The van der Waals surface area contributed by atoms with Crippen LogP contribution < -0.4 is 25.5 Å². The molecule has 0 aliphatic heterocycles. The topological polar surface area (TPSA) is 124 Å². The summed E-state index contributed by atoms with van der Waals surface area (Å²) in [5, 5.41) is 3.12. The van der Waals surface area contributed by atoms with Gasteiger partial charge in [0.25, 0.3) is 5.78 Å². The molecule has 3 heterocycles. The average molecular weight is 476 g/mol. The zero-order chi connectivity index (χ0) is 23.8. The van der Waals surface area contributed by atoms with Crippen molar-refractivity contribution >= 4 is 33.0 Å². The summed E-state index contributed by atoms with van der Waals surface area (Å²) in [5.74, 6) is 0.821. The predicted octanol–water partition coefficient (Wildman–Crippen LogP) is 3.35. The van der Waals surface area contributed by atoms with E-state index in [-0.39, 0.29) is 16.3 Å². The number of pyridine rings is 1. The molecule has 0 unspecified atom stereocenters. The summed E-state index contributed by atoms with van der Waals surface area (Å²) in [6.45, 7) is 0. The Bertz CT molecular complexity index is 1570. The Kier molecular flexibility index (Phi) is 5.34. The average Bonchev–Trinajstić information content (AvgIpc) is 3.43. The summed E-state index contributed by atoms with van der Waals surface area (Å²) in [5.41, 5.74) is 7.73. The number of carbonyl (C=O) groups excluding carboxylic acids is 1. The van der Waals surface area contributed by atoms with Crippen LogP contribution in [0.4, 0.5) is 5.69 Å². The standard InChI is InChI=1S/C24H18N4O5S/c1-31-15-7-3-13(4-8-15)18-12-11-17-19(25)22(34-23(17)26-18)21(29)20-24(30)33-27-28(20)14-5-9-16(32-2)10-6-14/h3-12H,1-2H3,(H2-,25,27,29,30)/p+1. The molecule has 170 valence electrons. The van der Waals surface area contributed by atoms with E-state index in [1.54, 1.807) is 38.5 Å². The number of fused-ring (bicyclic) bond motifs is 1. The molecule has 0 saturated heterocycles. The highest BCUT2D eigenvalue weighted by Gasteiger charge is 2.34. The van der Waals surface area contributed by atoms with E-state index in [2.05, 4.69) is 10.3 Å². The fourth-order valence-corrected chi connectivity index (χ4v) is 4.61. The lowest BCUT2D eigenvalue weighted by molar-refractivity contribution is -0.672. The molecule has 0 amide bonds. The molecule has 10 heteroatoms. The van der Waals surface area contributed by atoms with Crippen LogP contribution in [0, 0.1) is 0 Å². The summed E-state index contributed by atoms with van der Waals surface area (Å²) in [6, 6.07) is 18.0. The number of anilines is 1. The van der Waals surface area contributed by atoms with Crippen LogP contribution in [0.25, 0.3) is 27.2 Å². The fourth-order valence-electron chi connectivity index (χ4n) is 3.58. The van der Waals surface area contributed by atoms with Crippen molar-refractivity contribution in [2.45, 2.75) is 0 Å². The number of hydrogen-bond acceptors (Lipinski definition) is 8. The van der Waals surface area contributed by atoms with Crippen molar-refractivity contribution in [3.05, 3.63) is 81.7 Å². The van der Waals surface area contributed by atoms with Crippen molar-refractivity contribution in [2.75, 3.05) is 20.0 Å². The predicted molar refractivity (Wildman–Crippen MR) is 127 cm³/mol. The van der Waals surface area contributed by atoms with Crippen molar-refractivity contribution < 1.29 is 23.5 Å². The van der Waals surface area contributed by atoms with Gasteiger partial charge in [-0.05, 0) is 58.5 Å². The highest BCUT2D eigenvalue weighted by molar-refractivity contribution is 7.21. The minimum Gasteiger partial charge on any atom is -0.497 e. The minimum absolute atomic E-state index is 0.196. The number of methoxy groups -OCH3 is 2. The zero-order valence-corrected chi connectivity index (χ0v) is 19.0. The molecular weight excluding hydrogens is 456 g/mol. The van der Waals surface area contributed by atoms with Gasteiger partial charge < -0.3 is 15.2 Å². The van der Waals surface area contributed by atoms with Crippen molar-refractivity contribution in [1.29, 1.82) is 0 Å². The molecule has 0 bridgehead atoms. The van der Waals surface area contributed by atoms with E-state index in [1.807, 2.05) is 36.4 Å². The Morgan fingerprint density at radius 3 is 2.29 bits per heavy atom. The second-order valence-corrected chi connectivity index (χ2v) is 8.31. The molecule has 5 aromatic rings. The smallest absolute Gasteiger partial charge is 0.439 e. The number of aromatic nitrogens is 3. The molecule has 9 nitrogen and oxygen atoms in total. The van der Waals surface area contributed by atoms with Crippen LogP contribution in [0.3, 0.4) is 0 Å². The Morgan fingerprint density at radius 1 is 1.00 bits per heavy atom. The summed E-state index contributed by atoms with van der Waals surface area (Å²) in [6.07, 6.45) is 0. The minimum atomic E-state index is -0.801. The molecule has 0 aliphatic rings. The van der Waals surface area contributed by atoms with Crippen LogP contribution in [0.5, 0.6) is 11.5 Å². The first-order valence-corrected chi connectivity index (χ1v) is 11.0. The Morgan fingerprint density at radius 2 is 1.65 bits per heavy atom. The van der Waals surface area contributed by atoms with Gasteiger partial charge >= 0.3 is 11.3 Å². The number of H-pyrrole nitrogens is 1. The zero-order valence-electron chi connectivity index (χ0n) is 18.2. The number of rotatable bonds is 6. The van der Waals surface area contributed by atoms with Crippen LogP contribution in [0.15, 0.2) is 70.0 Å². The molecule has 0 saturated carbocycles. The van der Waals surface area contributed by atoms with Crippen LogP contribution in [-0.2, 0) is 0 Å². The van der Waals surface area contributed by atoms with Crippen molar-refractivity contribution in [3.63, 3.8) is 0 Å². The first-order valence-electron chi connectivity index (χ1n) is 10.2. The largest absolute Gasteiger partial charge is 0.497 e. The highest BCUT2D eigenvalue weighted by Crippen LogP contribution is 2.35. The third kappa shape index (κ3) is 3.59. The molecule has 0 atom stereocenters. The van der Waals surface area contributed by atoms with E-state index >= 15 is 0 Å². The van der Waals surface area contributed by atoms with Gasteiger partial charge in [-0.25, -0.2) is 9.78 Å². The van der Waals surface area contributed by atoms with Crippen LogP contribution in [0.1, 0.15) is 15.4 Å². The maximum absolute atomic E-state index is 13.4. The van der Waals surface area contributed by atoms with Gasteiger partial charge in [0.05, 0.1) is 25.6 Å². The number of benzene rings is 2. The molecule has 0 fully saturated rings. The number of hydrogen-bond donors (Lipinski definition) is 2. The number of nitrogens with one attached hydrogen (secondary N) is 1. The molecule has 3 N–H and O–H groups in total. The van der Waals surface area contributed by atoms with Gasteiger partial charge in [-0.3, -0.25) is 9.32 Å². The van der Waals surface area contributed by atoms with Gasteiger partial charge in [0.2, 0.25) is 5.69 Å². The van der Waals surface area contributed by atoms with E-state index < -0.39 is 11.4 Å². The SMILES string of the molecule is COc1ccc(-c2ccc3c(N)c(C(=O)c4c(=O)o[nH][n+]4-c4ccc(OC)cc4)sc3n2)cc1. The third-order valence-electron chi connectivity index (χ3n) is 5.38. The van der Waals surface area contributed by atoms with Crippen molar-refractivity contribution in [2.24, 2.45) is 0 Å². The Balaban J connectivity index is 1.55.